The predicted octanol–water partition coefficient (Wildman–Crippen LogP) is 5.91. The number of aromatic nitrogens is 5. The largest absolute Gasteiger partial charge is 0.453 e. The number of nitrogens with one attached hydrogen (secondary N) is 2. The van der Waals surface area contributed by atoms with Crippen LogP contribution >= 0.6 is 0 Å². The maximum Gasteiger partial charge on any atom is 0.453 e. The van der Waals surface area contributed by atoms with Gasteiger partial charge in [0.05, 0.1) is 0 Å². The number of rotatable bonds is 6. The van der Waals surface area contributed by atoms with Gasteiger partial charge in [0.2, 0.25) is 5.95 Å². The highest BCUT2D eigenvalue weighted by atomic mass is 19.4. The van der Waals surface area contributed by atoms with Crippen molar-refractivity contribution in [1.82, 2.24) is 29.9 Å². The molecule has 6 rings (SSSR count). The lowest BCUT2D eigenvalue weighted by Gasteiger charge is -2.25. The van der Waals surface area contributed by atoms with E-state index in [2.05, 4.69) is 41.9 Å². The molecule has 0 bridgehead atoms. The van der Waals surface area contributed by atoms with Crippen LogP contribution in [0.4, 0.5) is 36.3 Å². The lowest BCUT2D eigenvalue weighted by molar-refractivity contribution is -0.144. The predicted molar refractivity (Wildman–Crippen MR) is 143 cm³/mol. The number of alkyl halides is 3. The van der Waals surface area contributed by atoms with Crippen LogP contribution in [-0.2, 0) is 19.0 Å². The van der Waals surface area contributed by atoms with Crippen molar-refractivity contribution in [1.29, 1.82) is 0 Å². The van der Waals surface area contributed by atoms with Crippen molar-refractivity contribution in [3.05, 3.63) is 77.6 Å². The van der Waals surface area contributed by atoms with Crippen molar-refractivity contribution in [2.45, 2.75) is 50.7 Å². The second-order valence-corrected chi connectivity index (χ2v) is 10.0. The highest BCUT2D eigenvalue weighted by molar-refractivity contribution is 5.59. The minimum absolute atomic E-state index is 0.0797. The fourth-order valence-electron chi connectivity index (χ4n) is 5.42. The van der Waals surface area contributed by atoms with Crippen LogP contribution in [0.25, 0.3) is 5.82 Å². The van der Waals surface area contributed by atoms with Crippen LogP contribution in [0, 0.1) is 0 Å². The minimum atomic E-state index is -4.71. The van der Waals surface area contributed by atoms with E-state index in [0.29, 0.717) is 17.5 Å². The highest BCUT2D eigenvalue weighted by Crippen LogP contribution is 2.31. The van der Waals surface area contributed by atoms with E-state index in [1.807, 2.05) is 42.5 Å². The summed E-state index contributed by atoms with van der Waals surface area (Å²) in [6.07, 6.45) is 2.00. The van der Waals surface area contributed by atoms with Crippen molar-refractivity contribution < 1.29 is 13.2 Å². The molecule has 0 radical (unpaired) electrons. The molecule has 3 heterocycles. The number of aryl methyl sites for hydroxylation is 2. The van der Waals surface area contributed by atoms with Crippen LogP contribution in [0.15, 0.2) is 60.7 Å². The Morgan fingerprint density at radius 3 is 2.28 bits per heavy atom. The van der Waals surface area contributed by atoms with Gasteiger partial charge < -0.3 is 15.5 Å². The van der Waals surface area contributed by atoms with Gasteiger partial charge in [0.25, 0.3) is 5.82 Å². The van der Waals surface area contributed by atoms with Gasteiger partial charge in [0.1, 0.15) is 0 Å². The van der Waals surface area contributed by atoms with E-state index in [4.69, 9.17) is 0 Å². The van der Waals surface area contributed by atoms with Crippen molar-refractivity contribution >= 4 is 23.1 Å². The molecule has 1 atom stereocenters. The molecule has 0 amide bonds. The molecule has 39 heavy (non-hydrogen) atoms. The van der Waals surface area contributed by atoms with E-state index in [1.165, 1.54) is 37.1 Å². The molecule has 0 spiro atoms. The van der Waals surface area contributed by atoms with Gasteiger partial charge in [-0.25, -0.2) is 0 Å². The summed E-state index contributed by atoms with van der Waals surface area (Å²) in [6.45, 7) is 2.36. The minimum Gasteiger partial charge on any atom is -0.339 e. The molecule has 2 aliphatic rings. The molecule has 4 aromatic rings. The van der Waals surface area contributed by atoms with E-state index < -0.39 is 12.0 Å². The summed E-state index contributed by atoms with van der Waals surface area (Å²) in [5.41, 5.74) is 4.00. The second-order valence-electron chi connectivity index (χ2n) is 10.0. The van der Waals surface area contributed by atoms with Gasteiger partial charge in [-0.15, -0.1) is 15.3 Å². The molecule has 1 saturated heterocycles. The molecule has 202 valence electrons. The number of hydrogen-bond donors (Lipinski definition) is 2. The van der Waals surface area contributed by atoms with Crippen molar-refractivity contribution in [2.24, 2.45) is 0 Å². The summed E-state index contributed by atoms with van der Waals surface area (Å²) in [7, 11) is 0. The van der Waals surface area contributed by atoms with Gasteiger partial charge in [-0.3, -0.25) is 0 Å². The normalized spacial score (nSPS) is 18.0. The quantitative estimate of drug-likeness (QED) is 0.298. The lowest BCUT2D eigenvalue weighted by Crippen LogP contribution is -2.32. The summed E-state index contributed by atoms with van der Waals surface area (Å²) in [5.74, 6) is -0.763. The van der Waals surface area contributed by atoms with Gasteiger partial charge >= 0.3 is 6.18 Å². The molecule has 1 aliphatic heterocycles. The van der Waals surface area contributed by atoms with E-state index >= 15 is 0 Å². The van der Waals surface area contributed by atoms with Crippen LogP contribution in [0.2, 0.25) is 0 Å². The Bertz CT molecular complexity index is 1410. The smallest absolute Gasteiger partial charge is 0.339 e. The number of halogens is 3. The Labute approximate surface area is 224 Å². The first-order valence-corrected chi connectivity index (χ1v) is 13.3. The fraction of sp³-hybridized carbons (Fsp3) is 0.357. The molecule has 0 saturated carbocycles. The molecule has 1 unspecified atom stereocenters. The van der Waals surface area contributed by atoms with Crippen molar-refractivity contribution in [3.63, 3.8) is 0 Å². The summed E-state index contributed by atoms with van der Waals surface area (Å²) in [5, 5.41) is 18.1. The molecule has 2 N–H and O–H groups in total. The topological polar surface area (TPSA) is 83.8 Å². The number of benzene rings is 2. The van der Waals surface area contributed by atoms with Crippen LogP contribution in [0.3, 0.4) is 0 Å². The summed E-state index contributed by atoms with van der Waals surface area (Å²) < 4.78 is 41.7. The van der Waals surface area contributed by atoms with Gasteiger partial charge in [0.15, 0.2) is 11.6 Å². The molecule has 1 aliphatic carbocycles. The third-order valence-corrected chi connectivity index (χ3v) is 7.39. The molecular weight excluding hydrogens is 505 g/mol. The zero-order chi connectivity index (χ0) is 26.8. The van der Waals surface area contributed by atoms with Gasteiger partial charge in [0, 0.05) is 17.4 Å². The number of hydrogen-bond acceptors (Lipinski definition) is 7. The van der Waals surface area contributed by atoms with E-state index in [0.717, 1.165) is 36.1 Å². The second kappa shape index (κ2) is 10.6. The summed E-state index contributed by atoms with van der Waals surface area (Å²) in [6, 6.07) is 19.1. The third-order valence-electron chi connectivity index (χ3n) is 7.39. The first-order chi connectivity index (χ1) is 18.9. The van der Waals surface area contributed by atoms with Crippen LogP contribution in [-0.4, -0.2) is 49.0 Å². The molecule has 8 nitrogen and oxygen atoms in total. The zero-order valence-corrected chi connectivity index (χ0v) is 21.3. The third kappa shape index (κ3) is 5.73. The highest BCUT2D eigenvalue weighted by Gasteiger charge is 2.37. The number of likely N-dealkylation sites (tertiary alicyclic amines) is 1. The van der Waals surface area contributed by atoms with Gasteiger partial charge in [-0.05, 0) is 99.1 Å². The number of para-hydroxylation sites is 1. The first-order valence-electron chi connectivity index (χ1n) is 13.3. The molecule has 2 aromatic carbocycles. The molecule has 2 aromatic heterocycles. The van der Waals surface area contributed by atoms with Crippen LogP contribution < -0.4 is 10.6 Å². The molecular formula is C28H29F3N8. The Hall–Kier alpha value is -3.99. The Morgan fingerprint density at radius 2 is 1.56 bits per heavy atom. The SMILES string of the molecule is FC(F)(F)c1nc(Nc2ccc3c(c2)CCC(N2CCCC2)CC3)n(-c2ccc(Nc3ccccc3)nn2)n1. The fourth-order valence-corrected chi connectivity index (χ4v) is 5.42. The maximum atomic E-state index is 13.6. The first kappa shape index (κ1) is 25.3. The number of anilines is 4. The van der Waals surface area contributed by atoms with Gasteiger partial charge in [-0.1, -0.05) is 24.3 Å². The zero-order valence-electron chi connectivity index (χ0n) is 21.3. The van der Waals surface area contributed by atoms with Crippen LogP contribution in [0.5, 0.6) is 0 Å². The average molecular weight is 535 g/mol. The van der Waals surface area contributed by atoms with E-state index in [-0.39, 0.29) is 11.8 Å². The summed E-state index contributed by atoms with van der Waals surface area (Å²) in [4.78, 5) is 6.37. The van der Waals surface area contributed by atoms with E-state index in [9.17, 15) is 13.2 Å². The number of fused-ring (bicyclic) bond motifs is 1. The number of nitrogens with zero attached hydrogens (tertiary/aromatic N) is 6. The summed E-state index contributed by atoms with van der Waals surface area (Å²) >= 11 is 0. The Morgan fingerprint density at radius 1 is 0.795 bits per heavy atom. The van der Waals surface area contributed by atoms with Gasteiger partial charge in [-0.2, -0.15) is 22.8 Å². The van der Waals surface area contributed by atoms with Crippen LogP contribution in [0.1, 0.15) is 42.6 Å². The monoisotopic (exact) mass is 534 g/mol. The lowest BCUT2D eigenvalue weighted by atomic mass is 10.0. The van der Waals surface area contributed by atoms with Crippen molar-refractivity contribution in [2.75, 3.05) is 23.7 Å². The Kier molecular flexibility index (Phi) is 6.90. The van der Waals surface area contributed by atoms with Crippen molar-refractivity contribution in [3.8, 4) is 5.82 Å². The standard InChI is InChI=1S/C28H29F3N8/c29-28(30,31)26-34-27(39(37-26)25-15-14-24(35-36-25)32-21-6-2-1-3-7-21)33-22-11-8-19-9-12-23(13-10-20(19)18-22)38-16-4-5-17-38/h1-3,6-8,11,14-15,18,23H,4-5,9-10,12-13,16-17H2,(H,32,35)(H,33,34,37). The molecule has 1 fully saturated rings. The van der Waals surface area contributed by atoms with E-state index in [1.54, 1.807) is 12.1 Å². The maximum absolute atomic E-state index is 13.6. The average Bonchev–Trinajstić information content (AvgIpc) is 3.57. The molecule has 11 heteroatoms. The Balaban J connectivity index is 1.23.